The first-order chi connectivity index (χ1) is 13.7. The smallest absolute Gasteiger partial charge is 0.349 e. The van der Waals surface area contributed by atoms with Gasteiger partial charge in [-0.3, -0.25) is 5.43 Å². The maximum absolute atomic E-state index is 11.8. The van der Waals surface area contributed by atoms with Crippen molar-refractivity contribution in [3.05, 3.63) is 85.0 Å². The quantitative estimate of drug-likeness (QED) is 0.318. The van der Waals surface area contributed by atoms with Crippen LogP contribution in [-0.4, -0.2) is 25.5 Å². The Bertz CT molecular complexity index is 821. The lowest BCUT2D eigenvalue weighted by Gasteiger charge is -2.11. The van der Waals surface area contributed by atoms with E-state index < -0.39 is 6.03 Å². The van der Waals surface area contributed by atoms with Gasteiger partial charge in [0.1, 0.15) is 24.7 Å². The van der Waals surface area contributed by atoms with E-state index in [-0.39, 0.29) is 0 Å². The summed E-state index contributed by atoms with van der Waals surface area (Å²) in [7, 11) is 0. The maximum Gasteiger partial charge on any atom is 0.349 e. The number of ether oxygens (including phenoxy) is 2. The minimum absolute atomic E-state index is 0.390. The minimum atomic E-state index is -0.495. The number of para-hydroxylation sites is 2. The Balaban J connectivity index is 1.80. The van der Waals surface area contributed by atoms with E-state index in [9.17, 15) is 4.79 Å². The van der Waals surface area contributed by atoms with Crippen LogP contribution in [0.4, 0.5) is 4.79 Å². The summed E-state index contributed by atoms with van der Waals surface area (Å²) in [6.07, 6.45) is 4.84. The highest BCUT2D eigenvalue weighted by Crippen LogP contribution is 2.17. The molecule has 0 fully saturated rings. The third-order valence-electron chi connectivity index (χ3n) is 3.46. The van der Waals surface area contributed by atoms with Gasteiger partial charge in [0.15, 0.2) is 0 Å². The molecule has 2 aromatic rings. The van der Waals surface area contributed by atoms with E-state index in [0.29, 0.717) is 25.5 Å². The van der Waals surface area contributed by atoms with Crippen LogP contribution in [-0.2, 0) is 6.54 Å². The van der Waals surface area contributed by atoms with Crippen LogP contribution in [0.5, 0.6) is 11.5 Å². The Morgan fingerprint density at radius 2 is 1.61 bits per heavy atom. The van der Waals surface area contributed by atoms with E-state index in [1.807, 2.05) is 48.5 Å². The number of nitrogens with zero attached hydrogens (tertiary/aromatic N) is 1. The molecule has 146 valence electrons. The molecule has 0 aliphatic rings. The van der Waals surface area contributed by atoms with Gasteiger partial charge in [0.25, 0.3) is 0 Å². The fourth-order valence-electron chi connectivity index (χ4n) is 2.21. The lowest BCUT2D eigenvalue weighted by molar-refractivity contribution is 0.236. The standard InChI is InChI=1S/C21H24N4O3/c1-3-13-27-19-11-7-5-9-17(19)15-22-24-21(26)25-23-16-18-10-6-8-12-20(18)28-14-4-2/h3-12,15,23H,1-2,13-14,16H2,(H2,24,25,26). The van der Waals surface area contributed by atoms with E-state index in [4.69, 9.17) is 9.47 Å². The number of hydrogen-bond acceptors (Lipinski definition) is 5. The molecule has 0 atom stereocenters. The highest BCUT2D eigenvalue weighted by Gasteiger charge is 2.04. The molecule has 0 aliphatic heterocycles. The average Bonchev–Trinajstić information content (AvgIpc) is 2.72. The van der Waals surface area contributed by atoms with Crippen LogP contribution >= 0.6 is 0 Å². The van der Waals surface area contributed by atoms with Gasteiger partial charge in [-0.1, -0.05) is 55.6 Å². The second kappa shape index (κ2) is 11.9. The van der Waals surface area contributed by atoms with Crippen molar-refractivity contribution < 1.29 is 14.3 Å². The number of hydrogen-bond donors (Lipinski definition) is 3. The lowest BCUT2D eigenvalue weighted by Crippen LogP contribution is -2.42. The SMILES string of the molecule is C=CCOc1ccccc1C=NNC(=O)NNCc1ccccc1OCC=C. The second-order valence-electron chi connectivity index (χ2n) is 5.52. The van der Waals surface area contributed by atoms with Crippen molar-refractivity contribution in [1.82, 2.24) is 16.3 Å². The summed E-state index contributed by atoms with van der Waals surface area (Å²) in [6, 6.07) is 14.4. The first-order valence-electron chi connectivity index (χ1n) is 8.71. The molecule has 0 spiro atoms. The number of rotatable bonds is 11. The van der Waals surface area contributed by atoms with Gasteiger partial charge >= 0.3 is 6.03 Å². The van der Waals surface area contributed by atoms with Crippen molar-refractivity contribution in [2.45, 2.75) is 6.54 Å². The number of carbonyl (C=O) groups is 1. The molecule has 0 radical (unpaired) electrons. The largest absolute Gasteiger partial charge is 0.489 e. The molecule has 0 heterocycles. The molecule has 7 heteroatoms. The van der Waals surface area contributed by atoms with Crippen molar-refractivity contribution in [1.29, 1.82) is 0 Å². The topological polar surface area (TPSA) is 84.0 Å². The molecule has 7 nitrogen and oxygen atoms in total. The van der Waals surface area contributed by atoms with Crippen molar-refractivity contribution in [2.24, 2.45) is 5.10 Å². The molecule has 0 unspecified atom stereocenters. The number of carbonyl (C=O) groups excluding carboxylic acids is 1. The molecular formula is C21H24N4O3. The monoisotopic (exact) mass is 380 g/mol. The first kappa shape index (κ1) is 20.7. The number of amides is 2. The Morgan fingerprint density at radius 3 is 2.36 bits per heavy atom. The Kier molecular flexibility index (Phi) is 8.83. The highest BCUT2D eigenvalue weighted by atomic mass is 16.5. The van der Waals surface area contributed by atoms with Crippen molar-refractivity contribution >= 4 is 12.2 Å². The van der Waals surface area contributed by atoms with E-state index in [1.165, 1.54) is 6.21 Å². The molecule has 0 saturated carbocycles. The third kappa shape index (κ3) is 6.97. The average molecular weight is 380 g/mol. The van der Waals surface area contributed by atoms with Crippen LogP contribution in [0.25, 0.3) is 0 Å². The van der Waals surface area contributed by atoms with Gasteiger partial charge in [-0.25, -0.2) is 15.6 Å². The number of hydrazone groups is 1. The van der Waals surface area contributed by atoms with Crippen LogP contribution in [0.15, 0.2) is 78.9 Å². The highest BCUT2D eigenvalue weighted by molar-refractivity contribution is 5.84. The number of nitrogens with one attached hydrogen (secondary N) is 3. The number of urea groups is 1. The molecule has 2 amide bonds. The van der Waals surface area contributed by atoms with E-state index in [0.717, 1.165) is 16.9 Å². The van der Waals surface area contributed by atoms with E-state index in [1.54, 1.807) is 12.2 Å². The van der Waals surface area contributed by atoms with Gasteiger partial charge in [-0.05, 0) is 18.2 Å². The normalized spacial score (nSPS) is 10.3. The zero-order chi connectivity index (χ0) is 20.0. The fraction of sp³-hybridized carbons (Fsp3) is 0.143. The summed E-state index contributed by atoms with van der Waals surface area (Å²) < 4.78 is 11.1. The molecule has 2 aromatic carbocycles. The van der Waals surface area contributed by atoms with Crippen LogP contribution < -0.4 is 25.8 Å². The maximum atomic E-state index is 11.8. The Morgan fingerprint density at radius 1 is 0.964 bits per heavy atom. The van der Waals surface area contributed by atoms with Crippen LogP contribution in [0.1, 0.15) is 11.1 Å². The van der Waals surface area contributed by atoms with Gasteiger partial charge in [0.05, 0.1) is 6.21 Å². The summed E-state index contributed by atoms with van der Waals surface area (Å²) in [5.41, 5.74) is 9.38. The van der Waals surface area contributed by atoms with Crippen LogP contribution in [0.3, 0.4) is 0 Å². The lowest BCUT2D eigenvalue weighted by atomic mass is 10.2. The van der Waals surface area contributed by atoms with Gasteiger partial charge in [-0.2, -0.15) is 5.10 Å². The third-order valence-corrected chi connectivity index (χ3v) is 3.46. The van der Waals surface area contributed by atoms with Crippen molar-refractivity contribution in [3.8, 4) is 11.5 Å². The molecule has 0 bridgehead atoms. The zero-order valence-electron chi connectivity index (χ0n) is 15.6. The summed E-state index contributed by atoms with van der Waals surface area (Å²) in [4.78, 5) is 11.8. The van der Waals surface area contributed by atoms with E-state index >= 15 is 0 Å². The summed E-state index contributed by atoms with van der Waals surface area (Å²) >= 11 is 0. The van der Waals surface area contributed by atoms with Gasteiger partial charge in [0, 0.05) is 17.7 Å². The van der Waals surface area contributed by atoms with Crippen LogP contribution in [0, 0.1) is 0 Å². The molecule has 0 aromatic heterocycles. The van der Waals surface area contributed by atoms with E-state index in [2.05, 4.69) is 34.5 Å². The van der Waals surface area contributed by atoms with Crippen LogP contribution in [0.2, 0.25) is 0 Å². The van der Waals surface area contributed by atoms with Crippen molar-refractivity contribution in [3.63, 3.8) is 0 Å². The molecule has 3 N–H and O–H groups in total. The van der Waals surface area contributed by atoms with Crippen molar-refractivity contribution in [2.75, 3.05) is 13.2 Å². The molecule has 0 aliphatic carbocycles. The predicted molar refractivity (Wildman–Crippen MR) is 110 cm³/mol. The second-order valence-corrected chi connectivity index (χ2v) is 5.52. The molecule has 28 heavy (non-hydrogen) atoms. The van der Waals surface area contributed by atoms with Gasteiger partial charge < -0.3 is 9.47 Å². The number of benzene rings is 2. The van der Waals surface area contributed by atoms with Gasteiger partial charge in [-0.15, -0.1) is 0 Å². The summed E-state index contributed by atoms with van der Waals surface area (Å²) in [5, 5.41) is 3.93. The first-order valence-corrected chi connectivity index (χ1v) is 8.71. The Labute approximate surface area is 164 Å². The Hall–Kier alpha value is -3.58. The van der Waals surface area contributed by atoms with Gasteiger partial charge in [0.2, 0.25) is 0 Å². The number of hydrazine groups is 1. The molecular weight excluding hydrogens is 356 g/mol. The minimum Gasteiger partial charge on any atom is -0.489 e. The fourth-order valence-corrected chi connectivity index (χ4v) is 2.21. The zero-order valence-corrected chi connectivity index (χ0v) is 15.6. The predicted octanol–water partition coefficient (Wildman–Crippen LogP) is 3.15. The summed E-state index contributed by atoms with van der Waals surface area (Å²) in [5.74, 6) is 1.38. The summed E-state index contributed by atoms with van der Waals surface area (Å²) in [6.45, 7) is 8.44. The molecule has 2 rings (SSSR count). The molecule has 0 saturated heterocycles.